The molecule has 0 aromatic carbocycles. The Bertz CT molecular complexity index is 138. The molecule has 0 spiro atoms. The van der Waals surface area contributed by atoms with E-state index in [-0.39, 0.29) is 5.54 Å². The van der Waals surface area contributed by atoms with Crippen molar-refractivity contribution in [2.45, 2.75) is 57.7 Å². The van der Waals surface area contributed by atoms with Crippen molar-refractivity contribution < 1.29 is 5.11 Å². The zero-order valence-electron chi connectivity index (χ0n) is 7.94. The predicted molar refractivity (Wildman–Crippen MR) is 46.5 cm³/mol. The molecule has 0 aromatic heterocycles. The summed E-state index contributed by atoms with van der Waals surface area (Å²) in [5.41, 5.74) is -0.218. The molecular weight excluding hydrogens is 138 g/mol. The van der Waals surface area contributed by atoms with Crippen molar-refractivity contribution in [1.29, 1.82) is 0 Å². The van der Waals surface area contributed by atoms with Crippen molar-refractivity contribution in [2.75, 3.05) is 0 Å². The average Bonchev–Trinajstić information content (AvgIpc) is 1.53. The molecule has 0 bridgehead atoms. The summed E-state index contributed by atoms with van der Waals surface area (Å²) in [6, 6.07) is 0.519. The van der Waals surface area contributed by atoms with Crippen molar-refractivity contribution in [3.05, 3.63) is 0 Å². The van der Waals surface area contributed by atoms with E-state index in [9.17, 15) is 5.11 Å². The highest BCUT2D eigenvalue weighted by atomic mass is 16.3. The first-order chi connectivity index (χ1) is 4.79. The third-order valence-electron chi connectivity index (χ3n) is 2.01. The summed E-state index contributed by atoms with van der Waals surface area (Å²) in [5, 5.41) is 12.9. The molecular formula is C9H19NO. The third kappa shape index (κ3) is 2.80. The minimum absolute atomic E-state index is 0.182. The molecule has 0 aliphatic heterocycles. The van der Waals surface area contributed by atoms with E-state index < -0.39 is 5.60 Å². The van der Waals surface area contributed by atoms with Crippen LogP contribution in [0.4, 0.5) is 0 Å². The van der Waals surface area contributed by atoms with E-state index in [4.69, 9.17) is 0 Å². The van der Waals surface area contributed by atoms with Crippen LogP contribution >= 0.6 is 0 Å². The second-order valence-corrected chi connectivity index (χ2v) is 5.00. The summed E-state index contributed by atoms with van der Waals surface area (Å²) in [6.07, 6.45) is 1.79. The van der Waals surface area contributed by atoms with E-state index in [2.05, 4.69) is 26.1 Å². The first-order valence-corrected chi connectivity index (χ1v) is 4.29. The largest absolute Gasteiger partial charge is 0.390 e. The fourth-order valence-corrected chi connectivity index (χ4v) is 1.72. The van der Waals surface area contributed by atoms with Crippen LogP contribution in [0.1, 0.15) is 40.5 Å². The molecule has 2 heteroatoms. The zero-order valence-corrected chi connectivity index (χ0v) is 7.94. The van der Waals surface area contributed by atoms with Gasteiger partial charge in [-0.05, 0) is 40.5 Å². The molecule has 0 radical (unpaired) electrons. The molecule has 1 aliphatic carbocycles. The van der Waals surface area contributed by atoms with Crippen LogP contribution in [-0.4, -0.2) is 22.3 Å². The van der Waals surface area contributed by atoms with Gasteiger partial charge in [0.05, 0.1) is 5.60 Å². The topological polar surface area (TPSA) is 32.3 Å². The molecule has 0 saturated heterocycles. The Morgan fingerprint density at radius 3 is 2.09 bits per heavy atom. The summed E-state index contributed by atoms with van der Waals surface area (Å²) in [6.45, 7) is 8.36. The Morgan fingerprint density at radius 1 is 1.36 bits per heavy atom. The lowest BCUT2D eigenvalue weighted by Gasteiger charge is -2.44. The summed E-state index contributed by atoms with van der Waals surface area (Å²) in [7, 11) is 0. The number of aliphatic hydroxyl groups is 1. The normalized spacial score (nSPS) is 38.5. The SMILES string of the molecule is CC1(O)CC(NC(C)(C)C)C1. The van der Waals surface area contributed by atoms with E-state index in [1.54, 1.807) is 0 Å². The number of nitrogens with one attached hydrogen (secondary N) is 1. The van der Waals surface area contributed by atoms with Crippen molar-refractivity contribution in [3.8, 4) is 0 Å². The molecule has 66 valence electrons. The maximum atomic E-state index is 9.44. The van der Waals surface area contributed by atoms with E-state index in [1.807, 2.05) is 6.92 Å². The van der Waals surface area contributed by atoms with E-state index in [0.29, 0.717) is 6.04 Å². The molecule has 11 heavy (non-hydrogen) atoms. The molecule has 0 heterocycles. The van der Waals surface area contributed by atoms with E-state index in [1.165, 1.54) is 0 Å². The Balaban J connectivity index is 2.24. The third-order valence-corrected chi connectivity index (χ3v) is 2.01. The highest BCUT2D eigenvalue weighted by Gasteiger charge is 2.39. The molecule has 1 aliphatic rings. The fraction of sp³-hybridized carbons (Fsp3) is 1.00. The first-order valence-electron chi connectivity index (χ1n) is 4.29. The van der Waals surface area contributed by atoms with Gasteiger partial charge < -0.3 is 10.4 Å². The van der Waals surface area contributed by atoms with Crippen LogP contribution in [0.15, 0.2) is 0 Å². The Kier molecular flexibility index (Phi) is 2.01. The predicted octanol–water partition coefficient (Wildman–Crippen LogP) is 1.29. The molecule has 0 aromatic rings. The second-order valence-electron chi connectivity index (χ2n) is 5.00. The van der Waals surface area contributed by atoms with Gasteiger partial charge in [-0.3, -0.25) is 0 Å². The van der Waals surface area contributed by atoms with Crippen LogP contribution in [0.2, 0.25) is 0 Å². The summed E-state index contributed by atoms with van der Waals surface area (Å²) in [4.78, 5) is 0. The Labute approximate surface area is 69.0 Å². The number of hydrogen-bond donors (Lipinski definition) is 2. The molecule has 0 atom stereocenters. The van der Waals surface area contributed by atoms with Gasteiger partial charge >= 0.3 is 0 Å². The minimum Gasteiger partial charge on any atom is -0.390 e. The molecule has 0 amide bonds. The van der Waals surface area contributed by atoms with Gasteiger partial charge in [0.1, 0.15) is 0 Å². The lowest BCUT2D eigenvalue weighted by molar-refractivity contribution is -0.0445. The van der Waals surface area contributed by atoms with Crippen LogP contribution in [0.25, 0.3) is 0 Å². The smallest absolute Gasteiger partial charge is 0.0649 e. The highest BCUT2D eigenvalue weighted by Crippen LogP contribution is 2.32. The molecule has 0 unspecified atom stereocenters. The monoisotopic (exact) mass is 157 g/mol. The Hall–Kier alpha value is -0.0800. The minimum atomic E-state index is -0.400. The number of hydrogen-bond acceptors (Lipinski definition) is 2. The maximum Gasteiger partial charge on any atom is 0.0649 e. The summed E-state index contributed by atoms with van der Waals surface area (Å²) >= 11 is 0. The van der Waals surface area contributed by atoms with Crippen LogP contribution in [0.3, 0.4) is 0 Å². The van der Waals surface area contributed by atoms with Crippen LogP contribution < -0.4 is 5.32 Å². The fourth-order valence-electron chi connectivity index (χ4n) is 1.72. The molecule has 2 nitrogen and oxygen atoms in total. The van der Waals surface area contributed by atoms with Gasteiger partial charge in [-0.1, -0.05) is 0 Å². The zero-order chi connectivity index (χ0) is 8.70. The van der Waals surface area contributed by atoms with Crippen LogP contribution in [0.5, 0.6) is 0 Å². The molecule has 1 rings (SSSR count). The van der Waals surface area contributed by atoms with Crippen molar-refractivity contribution in [2.24, 2.45) is 0 Å². The number of rotatable bonds is 1. The highest BCUT2D eigenvalue weighted by molar-refractivity contribution is 4.97. The van der Waals surface area contributed by atoms with Gasteiger partial charge in [0.15, 0.2) is 0 Å². The van der Waals surface area contributed by atoms with Gasteiger partial charge in [-0.15, -0.1) is 0 Å². The van der Waals surface area contributed by atoms with Crippen molar-refractivity contribution in [3.63, 3.8) is 0 Å². The molecule has 2 N–H and O–H groups in total. The van der Waals surface area contributed by atoms with Crippen LogP contribution in [-0.2, 0) is 0 Å². The van der Waals surface area contributed by atoms with Crippen molar-refractivity contribution in [1.82, 2.24) is 5.32 Å². The summed E-state index contributed by atoms with van der Waals surface area (Å²) in [5.74, 6) is 0. The van der Waals surface area contributed by atoms with Gasteiger partial charge in [0, 0.05) is 11.6 Å². The lowest BCUT2D eigenvalue weighted by Crippen LogP contribution is -2.56. The van der Waals surface area contributed by atoms with Crippen LogP contribution in [0, 0.1) is 0 Å². The van der Waals surface area contributed by atoms with E-state index >= 15 is 0 Å². The second kappa shape index (κ2) is 2.46. The van der Waals surface area contributed by atoms with Gasteiger partial charge in [-0.2, -0.15) is 0 Å². The summed E-state index contributed by atoms with van der Waals surface area (Å²) < 4.78 is 0. The lowest BCUT2D eigenvalue weighted by atomic mass is 9.76. The quantitative estimate of drug-likeness (QED) is 0.601. The standard InChI is InChI=1S/C9H19NO/c1-8(2,3)10-7-5-9(4,11)6-7/h7,10-11H,5-6H2,1-4H3. The Morgan fingerprint density at radius 2 is 1.82 bits per heavy atom. The van der Waals surface area contributed by atoms with Gasteiger partial charge in [0.2, 0.25) is 0 Å². The van der Waals surface area contributed by atoms with Gasteiger partial charge in [0.25, 0.3) is 0 Å². The molecule has 1 saturated carbocycles. The van der Waals surface area contributed by atoms with Gasteiger partial charge in [-0.25, -0.2) is 0 Å². The van der Waals surface area contributed by atoms with E-state index in [0.717, 1.165) is 12.8 Å². The molecule has 1 fully saturated rings. The average molecular weight is 157 g/mol. The van der Waals surface area contributed by atoms with Crippen molar-refractivity contribution >= 4 is 0 Å². The first kappa shape index (κ1) is 9.01. The maximum absolute atomic E-state index is 9.44.